The number of β-amino-alcohol motifs (C(OH)–C–C–N with tert-alkyl or cyclic N) is 1. The maximum Gasteiger partial charge on any atom is 0.142 e. The van der Waals surface area contributed by atoms with Crippen molar-refractivity contribution < 1.29 is 14.6 Å². The minimum absolute atomic E-state index is 0.00112. The Morgan fingerprint density at radius 2 is 2.00 bits per heavy atom. The number of anilines is 1. The molecule has 1 atom stereocenters. The number of ether oxygens (including phenoxy) is 2. The first-order chi connectivity index (χ1) is 8.97. The Labute approximate surface area is 114 Å². The molecule has 1 aromatic carbocycles. The van der Waals surface area contributed by atoms with Crippen molar-refractivity contribution in [2.75, 3.05) is 25.7 Å². The van der Waals surface area contributed by atoms with E-state index in [4.69, 9.17) is 9.47 Å². The number of aliphatic hydroxyl groups excluding tert-OH is 1. The molecule has 0 spiro atoms. The third kappa shape index (κ3) is 2.78. The molecule has 4 nitrogen and oxygen atoms in total. The van der Waals surface area contributed by atoms with Crippen LogP contribution in [0.4, 0.5) is 5.69 Å². The van der Waals surface area contributed by atoms with Gasteiger partial charge >= 0.3 is 0 Å². The molecule has 0 bridgehead atoms. The predicted molar refractivity (Wildman–Crippen MR) is 76.2 cm³/mol. The van der Waals surface area contributed by atoms with Gasteiger partial charge in [-0.2, -0.15) is 0 Å². The summed E-state index contributed by atoms with van der Waals surface area (Å²) in [6.45, 7) is 5.01. The fraction of sp³-hybridized carbons (Fsp3) is 0.600. The molecule has 4 heteroatoms. The molecule has 1 heterocycles. The second kappa shape index (κ2) is 5.29. The largest absolute Gasteiger partial charge is 0.497 e. The zero-order chi connectivity index (χ0) is 14.0. The van der Waals surface area contributed by atoms with Gasteiger partial charge in [-0.15, -0.1) is 0 Å². The molecule has 0 aromatic heterocycles. The van der Waals surface area contributed by atoms with Crippen molar-refractivity contribution in [3.63, 3.8) is 0 Å². The lowest BCUT2D eigenvalue weighted by Gasteiger charge is -2.46. The van der Waals surface area contributed by atoms with E-state index in [1.165, 1.54) is 0 Å². The van der Waals surface area contributed by atoms with Crippen molar-refractivity contribution in [1.29, 1.82) is 0 Å². The molecule has 1 unspecified atom stereocenters. The lowest BCUT2D eigenvalue weighted by Crippen LogP contribution is -2.52. The highest BCUT2D eigenvalue weighted by Crippen LogP contribution is 2.39. The molecule has 0 aliphatic carbocycles. The predicted octanol–water partition coefficient (Wildman–Crippen LogP) is 2.44. The summed E-state index contributed by atoms with van der Waals surface area (Å²) in [4.78, 5) is 2.21. The summed E-state index contributed by atoms with van der Waals surface area (Å²) in [6.07, 6.45) is 1.51. The van der Waals surface area contributed by atoms with Gasteiger partial charge in [0.25, 0.3) is 0 Å². The van der Waals surface area contributed by atoms with E-state index in [1.54, 1.807) is 14.2 Å². The first-order valence-electron chi connectivity index (χ1n) is 6.65. The molecule has 1 aromatic rings. The number of aliphatic hydroxyl groups is 1. The summed E-state index contributed by atoms with van der Waals surface area (Å²) in [5.74, 6) is 1.61. The molecular formula is C15H23NO3. The van der Waals surface area contributed by atoms with E-state index >= 15 is 0 Å². The van der Waals surface area contributed by atoms with Crippen LogP contribution in [0.3, 0.4) is 0 Å². The van der Waals surface area contributed by atoms with Crippen LogP contribution < -0.4 is 14.4 Å². The Kier molecular flexibility index (Phi) is 3.90. The summed E-state index contributed by atoms with van der Waals surface area (Å²) in [6, 6.07) is 5.76. The second-order valence-electron chi connectivity index (χ2n) is 5.65. The van der Waals surface area contributed by atoms with E-state index in [0.717, 1.165) is 30.0 Å². The Morgan fingerprint density at radius 3 is 2.63 bits per heavy atom. The summed E-state index contributed by atoms with van der Waals surface area (Å²) in [7, 11) is 3.32. The molecule has 0 saturated carbocycles. The average molecular weight is 265 g/mol. The number of hydrogen-bond acceptors (Lipinski definition) is 4. The van der Waals surface area contributed by atoms with Crippen LogP contribution in [0.25, 0.3) is 0 Å². The van der Waals surface area contributed by atoms with Gasteiger partial charge in [0.1, 0.15) is 11.5 Å². The Bertz CT molecular complexity index is 445. The fourth-order valence-corrected chi connectivity index (χ4v) is 2.64. The third-order valence-electron chi connectivity index (χ3n) is 3.89. The van der Waals surface area contributed by atoms with Crippen LogP contribution in [0.5, 0.6) is 11.5 Å². The molecule has 1 fully saturated rings. The van der Waals surface area contributed by atoms with Gasteiger partial charge in [-0.3, -0.25) is 0 Å². The molecule has 2 rings (SSSR count). The minimum atomic E-state index is -0.288. The summed E-state index contributed by atoms with van der Waals surface area (Å²) in [5, 5.41) is 9.95. The highest BCUT2D eigenvalue weighted by molar-refractivity contribution is 5.63. The third-order valence-corrected chi connectivity index (χ3v) is 3.89. The van der Waals surface area contributed by atoms with E-state index in [1.807, 2.05) is 18.2 Å². The zero-order valence-corrected chi connectivity index (χ0v) is 12.1. The first kappa shape index (κ1) is 14.0. The van der Waals surface area contributed by atoms with Crippen LogP contribution in [0, 0.1) is 0 Å². The lowest BCUT2D eigenvalue weighted by atomic mass is 9.88. The maximum atomic E-state index is 9.95. The van der Waals surface area contributed by atoms with E-state index in [0.29, 0.717) is 6.54 Å². The van der Waals surface area contributed by atoms with Gasteiger partial charge in [0.2, 0.25) is 0 Å². The molecular weight excluding hydrogens is 242 g/mol. The van der Waals surface area contributed by atoms with Crippen molar-refractivity contribution in [3.05, 3.63) is 18.2 Å². The van der Waals surface area contributed by atoms with Crippen molar-refractivity contribution in [3.8, 4) is 11.5 Å². The van der Waals surface area contributed by atoms with Crippen LogP contribution >= 0.6 is 0 Å². The number of rotatable bonds is 3. The minimum Gasteiger partial charge on any atom is -0.497 e. The zero-order valence-electron chi connectivity index (χ0n) is 12.1. The summed E-state index contributed by atoms with van der Waals surface area (Å²) >= 11 is 0. The normalized spacial score (nSPS) is 22.2. The molecule has 1 aliphatic rings. The van der Waals surface area contributed by atoms with Gasteiger partial charge in [0, 0.05) is 18.2 Å². The van der Waals surface area contributed by atoms with E-state index in [2.05, 4.69) is 18.7 Å². The van der Waals surface area contributed by atoms with Gasteiger partial charge in [0.15, 0.2) is 0 Å². The SMILES string of the molecule is COc1ccc(OC)c(N2CC(O)CCC2(C)C)c1. The number of piperidine rings is 1. The molecule has 1 N–H and O–H groups in total. The van der Waals surface area contributed by atoms with Crippen molar-refractivity contribution in [2.24, 2.45) is 0 Å². The van der Waals surface area contributed by atoms with Crippen LogP contribution in [-0.4, -0.2) is 37.5 Å². The van der Waals surface area contributed by atoms with Gasteiger partial charge in [-0.1, -0.05) is 0 Å². The fourth-order valence-electron chi connectivity index (χ4n) is 2.64. The quantitative estimate of drug-likeness (QED) is 0.911. The summed E-state index contributed by atoms with van der Waals surface area (Å²) < 4.78 is 10.7. The van der Waals surface area contributed by atoms with E-state index < -0.39 is 0 Å². The lowest BCUT2D eigenvalue weighted by molar-refractivity contribution is 0.125. The highest BCUT2D eigenvalue weighted by Gasteiger charge is 2.35. The number of benzene rings is 1. The van der Waals surface area contributed by atoms with Gasteiger partial charge in [-0.05, 0) is 38.8 Å². The Balaban J connectivity index is 2.42. The van der Waals surface area contributed by atoms with E-state index in [-0.39, 0.29) is 11.6 Å². The topological polar surface area (TPSA) is 41.9 Å². The maximum absolute atomic E-state index is 9.95. The highest BCUT2D eigenvalue weighted by atomic mass is 16.5. The standard InChI is InChI=1S/C15H23NO3/c1-15(2)8-7-11(17)10-16(15)13-9-12(18-3)5-6-14(13)19-4/h5-6,9,11,17H,7-8,10H2,1-4H3. The molecule has 106 valence electrons. The van der Waals surface area contributed by atoms with Crippen LogP contribution in [0.15, 0.2) is 18.2 Å². The Hall–Kier alpha value is -1.42. The monoisotopic (exact) mass is 265 g/mol. The second-order valence-corrected chi connectivity index (χ2v) is 5.65. The van der Waals surface area contributed by atoms with Gasteiger partial charge in [-0.25, -0.2) is 0 Å². The number of methoxy groups -OCH3 is 2. The molecule has 0 amide bonds. The van der Waals surface area contributed by atoms with Gasteiger partial charge < -0.3 is 19.5 Å². The van der Waals surface area contributed by atoms with Crippen LogP contribution in [0.1, 0.15) is 26.7 Å². The molecule has 1 aliphatic heterocycles. The summed E-state index contributed by atoms with van der Waals surface area (Å²) in [5.41, 5.74) is 0.976. The average Bonchev–Trinajstić information content (AvgIpc) is 2.41. The number of nitrogens with zero attached hydrogens (tertiary/aromatic N) is 1. The molecule has 0 radical (unpaired) electrons. The first-order valence-corrected chi connectivity index (χ1v) is 6.65. The van der Waals surface area contributed by atoms with E-state index in [9.17, 15) is 5.11 Å². The van der Waals surface area contributed by atoms with Gasteiger partial charge in [0.05, 0.1) is 26.0 Å². The van der Waals surface area contributed by atoms with Crippen LogP contribution in [-0.2, 0) is 0 Å². The smallest absolute Gasteiger partial charge is 0.142 e. The molecule has 19 heavy (non-hydrogen) atoms. The number of hydrogen-bond donors (Lipinski definition) is 1. The van der Waals surface area contributed by atoms with Crippen molar-refractivity contribution in [2.45, 2.75) is 38.3 Å². The molecule has 1 saturated heterocycles. The van der Waals surface area contributed by atoms with Crippen LogP contribution in [0.2, 0.25) is 0 Å². The Morgan fingerprint density at radius 1 is 1.26 bits per heavy atom. The van der Waals surface area contributed by atoms with Crippen molar-refractivity contribution in [1.82, 2.24) is 0 Å². The van der Waals surface area contributed by atoms with Crippen molar-refractivity contribution >= 4 is 5.69 Å².